The van der Waals surface area contributed by atoms with E-state index in [0.29, 0.717) is 41.2 Å². The van der Waals surface area contributed by atoms with Gasteiger partial charge in [-0.3, -0.25) is 19.1 Å². The zero-order valence-corrected chi connectivity index (χ0v) is 20.8. The van der Waals surface area contributed by atoms with E-state index in [1.807, 2.05) is 42.5 Å². The summed E-state index contributed by atoms with van der Waals surface area (Å²) in [4.78, 5) is 32.8. The molecule has 1 N–H and O–H groups in total. The van der Waals surface area contributed by atoms with Crippen LogP contribution in [0.1, 0.15) is 33.3 Å². The van der Waals surface area contributed by atoms with E-state index in [4.69, 9.17) is 4.98 Å². The Kier molecular flexibility index (Phi) is 9.09. The molecule has 2 aromatic carbocycles. The summed E-state index contributed by atoms with van der Waals surface area (Å²) in [6.45, 7) is 10.5. The molecule has 176 valence electrons. The highest BCUT2D eigenvalue weighted by atomic mass is 32.2. The molecule has 1 aromatic heterocycles. The van der Waals surface area contributed by atoms with Crippen molar-refractivity contribution in [1.29, 1.82) is 0 Å². The highest BCUT2D eigenvalue weighted by Gasteiger charge is 2.17. The molecule has 0 aliphatic rings. The fraction of sp³-hybridized carbons (Fsp3) is 0.423. The second-order valence-electron chi connectivity index (χ2n) is 8.67. The van der Waals surface area contributed by atoms with E-state index in [2.05, 4.69) is 50.0 Å². The molecule has 0 unspecified atom stereocenters. The Morgan fingerprint density at radius 1 is 1.03 bits per heavy atom. The Hall–Kier alpha value is -2.64. The lowest BCUT2D eigenvalue weighted by atomic mass is 10.1. The third-order valence-corrected chi connectivity index (χ3v) is 6.62. The van der Waals surface area contributed by atoms with E-state index >= 15 is 0 Å². The van der Waals surface area contributed by atoms with Gasteiger partial charge in [0.05, 0.1) is 16.7 Å². The summed E-state index contributed by atoms with van der Waals surface area (Å²) >= 11 is 1.32. The van der Waals surface area contributed by atoms with E-state index < -0.39 is 0 Å². The molecule has 1 heterocycles. The standard InChI is InChI=1S/C26H34N4O2S/c1-19(2)29(20(3)4)16-17-30-25(32)22-12-8-9-13-23(22)28-26(30)33-18-24(31)27-15-14-21-10-6-5-7-11-21/h5-13,19-20H,14-18H2,1-4H3,(H,27,31). The molecule has 1 amide bonds. The largest absolute Gasteiger partial charge is 0.355 e. The minimum atomic E-state index is -0.0594. The number of nitrogens with zero attached hydrogens (tertiary/aromatic N) is 3. The van der Waals surface area contributed by atoms with Crippen molar-refractivity contribution in [2.45, 2.75) is 57.9 Å². The number of benzene rings is 2. The average molecular weight is 467 g/mol. The maximum Gasteiger partial charge on any atom is 0.262 e. The molecule has 0 aliphatic carbocycles. The second-order valence-corrected chi connectivity index (χ2v) is 9.61. The van der Waals surface area contributed by atoms with Crippen LogP contribution >= 0.6 is 11.8 Å². The maximum absolute atomic E-state index is 13.3. The number of hydrogen-bond acceptors (Lipinski definition) is 5. The van der Waals surface area contributed by atoms with Crippen LogP contribution in [0.25, 0.3) is 10.9 Å². The van der Waals surface area contributed by atoms with Crippen molar-refractivity contribution in [3.05, 3.63) is 70.5 Å². The zero-order chi connectivity index (χ0) is 23.8. The molecule has 0 saturated heterocycles. The monoisotopic (exact) mass is 466 g/mol. The van der Waals surface area contributed by atoms with Crippen LogP contribution in [0.5, 0.6) is 0 Å². The highest BCUT2D eigenvalue weighted by molar-refractivity contribution is 7.99. The number of hydrogen-bond donors (Lipinski definition) is 1. The summed E-state index contributed by atoms with van der Waals surface area (Å²) < 4.78 is 1.72. The summed E-state index contributed by atoms with van der Waals surface area (Å²) in [6.07, 6.45) is 0.788. The Bertz CT molecular complexity index is 1100. The minimum absolute atomic E-state index is 0.0555. The van der Waals surface area contributed by atoms with Crippen LogP contribution in [0.4, 0.5) is 0 Å². The van der Waals surface area contributed by atoms with Gasteiger partial charge >= 0.3 is 0 Å². The van der Waals surface area contributed by atoms with Crippen LogP contribution in [0.2, 0.25) is 0 Å². The van der Waals surface area contributed by atoms with Crippen molar-refractivity contribution in [3.8, 4) is 0 Å². The maximum atomic E-state index is 13.3. The molecular weight excluding hydrogens is 432 g/mol. The Morgan fingerprint density at radius 3 is 2.39 bits per heavy atom. The van der Waals surface area contributed by atoms with Gasteiger partial charge in [0.2, 0.25) is 5.91 Å². The summed E-state index contributed by atoms with van der Waals surface area (Å²) in [5, 5.41) is 4.16. The first kappa shape index (κ1) is 25.0. The van der Waals surface area contributed by atoms with Gasteiger partial charge in [0.1, 0.15) is 0 Å². The molecule has 0 saturated carbocycles. The predicted octanol–water partition coefficient (Wildman–Crippen LogP) is 3.97. The van der Waals surface area contributed by atoms with Crippen LogP contribution in [0.15, 0.2) is 64.5 Å². The lowest BCUT2D eigenvalue weighted by molar-refractivity contribution is -0.118. The SMILES string of the molecule is CC(C)N(CCn1c(SCC(=O)NCCc2ccccc2)nc2ccccc2c1=O)C(C)C. The third kappa shape index (κ3) is 6.92. The number of para-hydroxylation sites is 1. The molecule has 0 bridgehead atoms. The molecular formula is C26H34N4O2S. The highest BCUT2D eigenvalue weighted by Crippen LogP contribution is 2.18. The van der Waals surface area contributed by atoms with Crippen molar-refractivity contribution >= 4 is 28.6 Å². The van der Waals surface area contributed by atoms with Crippen molar-refractivity contribution in [2.24, 2.45) is 0 Å². The predicted molar refractivity (Wildman–Crippen MR) is 137 cm³/mol. The van der Waals surface area contributed by atoms with Gasteiger partial charge in [-0.25, -0.2) is 4.98 Å². The lowest BCUT2D eigenvalue weighted by Gasteiger charge is -2.30. The quantitative estimate of drug-likeness (QED) is 0.342. The molecule has 6 nitrogen and oxygen atoms in total. The molecule has 3 rings (SSSR count). The second kappa shape index (κ2) is 12.0. The number of carbonyl (C=O) groups is 1. The first-order valence-electron chi connectivity index (χ1n) is 11.6. The molecule has 3 aromatic rings. The van der Waals surface area contributed by atoms with Crippen molar-refractivity contribution in [2.75, 3.05) is 18.8 Å². The Balaban J connectivity index is 1.71. The van der Waals surface area contributed by atoms with Gasteiger partial charge < -0.3 is 5.32 Å². The molecule has 0 fully saturated rings. The molecule has 0 radical (unpaired) electrons. The fourth-order valence-corrected chi connectivity index (χ4v) is 4.81. The summed E-state index contributed by atoms with van der Waals surface area (Å²) in [5.41, 5.74) is 1.80. The van der Waals surface area contributed by atoms with Gasteiger partial charge in [-0.1, -0.05) is 54.2 Å². The number of rotatable bonds is 11. The summed E-state index contributed by atoms with van der Waals surface area (Å²) in [7, 11) is 0. The molecule has 0 spiro atoms. The molecule has 0 aliphatic heterocycles. The first-order chi connectivity index (χ1) is 15.9. The number of fused-ring (bicyclic) bond motifs is 1. The number of thioether (sulfide) groups is 1. The third-order valence-electron chi connectivity index (χ3n) is 5.65. The van der Waals surface area contributed by atoms with Crippen molar-refractivity contribution in [1.82, 2.24) is 19.8 Å². The Morgan fingerprint density at radius 2 is 1.70 bits per heavy atom. The van der Waals surface area contributed by atoms with Gasteiger partial charge in [0.25, 0.3) is 5.56 Å². The Labute approximate surface area is 200 Å². The summed E-state index contributed by atoms with van der Waals surface area (Å²) in [6, 6.07) is 18.2. The number of aromatic nitrogens is 2. The number of amides is 1. The van der Waals surface area contributed by atoms with Crippen LogP contribution in [-0.4, -0.2) is 51.3 Å². The fourth-order valence-electron chi connectivity index (χ4n) is 3.96. The normalized spacial score (nSPS) is 11.6. The summed E-state index contributed by atoms with van der Waals surface area (Å²) in [5.74, 6) is 0.161. The first-order valence-corrected chi connectivity index (χ1v) is 12.5. The van der Waals surface area contributed by atoms with Crippen LogP contribution in [-0.2, 0) is 17.8 Å². The van der Waals surface area contributed by atoms with Crippen LogP contribution < -0.4 is 10.9 Å². The number of carbonyl (C=O) groups excluding carboxylic acids is 1. The average Bonchev–Trinajstić information content (AvgIpc) is 2.79. The van der Waals surface area contributed by atoms with Gasteiger partial charge in [-0.15, -0.1) is 0 Å². The number of nitrogens with one attached hydrogen (secondary N) is 1. The van der Waals surface area contributed by atoms with Crippen molar-refractivity contribution < 1.29 is 4.79 Å². The van der Waals surface area contributed by atoms with E-state index in [0.717, 1.165) is 13.0 Å². The van der Waals surface area contributed by atoms with Crippen LogP contribution in [0.3, 0.4) is 0 Å². The van der Waals surface area contributed by atoms with Gasteiger partial charge in [0, 0.05) is 31.7 Å². The van der Waals surface area contributed by atoms with Gasteiger partial charge in [0.15, 0.2) is 5.16 Å². The van der Waals surface area contributed by atoms with E-state index in [1.165, 1.54) is 17.3 Å². The lowest BCUT2D eigenvalue weighted by Crippen LogP contribution is -2.40. The van der Waals surface area contributed by atoms with Gasteiger partial charge in [-0.05, 0) is 51.8 Å². The molecule has 33 heavy (non-hydrogen) atoms. The van der Waals surface area contributed by atoms with E-state index in [-0.39, 0.29) is 17.2 Å². The molecule has 0 atom stereocenters. The zero-order valence-electron chi connectivity index (χ0n) is 20.0. The smallest absolute Gasteiger partial charge is 0.262 e. The van der Waals surface area contributed by atoms with E-state index in [1.54, 1.807) is 4.57 Å². The topological polar surface area (TPSA) is 67.2 Å². The van der Waals surface area contributed by atoms with Crippen molar-refractivity contribution in [3.63, 3.8) is 0 Å². The van der Waals surface area contributed by atoms with Crippen LogP contribution in [0, 0.1) is 0 Å². The molecule has 7 heteroatoms. The van der Waals surface area contributed by atoms with Gasteiger partial charge in [-0.2, -0.15) is 0 Å². The minimum Gasteiger partial charge on any atom is -0.355 e. The van der Waals surface area contributed by atoms with E-state index in [9.17, 15) is 9.59 Å².